The molecule has 2 heterocycles. The minimum absolute atomic E-state index is 0.254. The molecule has 0 aliphatic rings. The summed E-state index contributed by atoms with van der Waals surface area (Å²) in [6, 6.07) is 3.73. The molecule has 1 amide bonds. The van der Waals surface area contributed by atoms with Gasteiger partial charge in [-0.05, 0) is 25.7 Å². The zero-order valence-electron chi connectivity index (χ0n) is 12.8. The standard InChI is InChI=1S/C15H20N6O/c1-21(2)7-6-17-14-11-18-13(10-19-14)15(22)20-9-12-4-3-5-16-8-12/h3-5,8,10-11H,6-7,9H2,1-2H3,(H,17,19)(H,20,22). The minimum Gasteiger partial charge on any atom is -0.368 e. The SMILES string of the molecule is CN(C)CCNc1cnc(C(=O)NCc2cccnc2)cn1. The maximum atomic E-state index is 12.0. The molecule has 2 N–H and O–H groups in total. The van der Waals surface area contributed by atoms with Gasteiger partial charge in [-0.2, -0.15) is 0 Å². The van der Waals surface area contributed by atoms with Crippen LogP contribution in [0.1, 0.15) is 16.1 Å². The number of aromatic nitrogens is 3. The van der Waals surface area contributed by atoms with Crippen molar-refractivity contribution >= 4 is 11.7 Å². The number of nitrogens with one attached hydrogen (secondary N) is 2. The van der Waals surface area contributed by atoms with Crippen molar-refractivity contribution in [3.05, 3.63) is 48.2 Å². The summed E-state index contributed by atoms with van der Waals surface area (Å²) in [6.07, 6.45) is 6.44. The first-order chi connectivity index (χ1) is 10.6. The number of nitrogens with zero attached hydrogens (tertiary/aromatic N) is 4. The number of likely N-dealkylation sites (N-methyl/N-ethyl adjacent to an activating group) is 1. The van der Waals surface area contributed by atoms with E-state index in [9.17, 15) is 4.79 Å². The maximum absolute atomic E-state index is 12.0. The number of anilines is 1. The van der Waals surface area contributed by atoms with Gasteiger partial charge in [-0.3, -0.25) is 9.78 Å². The fourth-order valence-corrected chi connectivity index (χ4v) is 1.72. The minimum atomic E-state index is -0.254. The Labute approximate surface area is 129 Å². The van der Waals surface area contributed by atoms with Crippen LogP contribution in [0.15, 0.2) is 36.9 Å². The maximum Gasteiger partial charge on any atom is 0.271 e. The van der Waals surface area contributed by atoms with Gasteiger partial charge in [0.05, 0.1) is 12.4 Å². The zero-order chi connectivity index (χ0) is 15.8. The molecule has 0 spiro atoms. The number of pyridine rings is 1. The Morgan fingerprint density at radius 2 is 2.09 bits per heavy atom. The molecule has 116 valence electrons. The molecule has 2 aromatic rings. The number of amides is 1. The quantitative estimate of drug-likeness (QED) is 0.786. The van der Waals surface area contributed by atoms with Gasteiger partial charge in [-0.15, -0.1) is 0 Å². The summed E-state index contributed by atoms with van der Waals surface area (Å²) in [5, 5.41) is 5.93. The molecule has 0 radical (unpaired) electrons. The number of carbonyl (C=O) groups excluding carboxylic acids is 1. The van der Waals surface area contributed by atoms with Crippen LogP contribution < -0.4 is 10.6 Å². The normalized spacial score (nSPS) is 10.5. The summed E-state index contributed by atoms with van der Waals surface area (Å²) in [5.74, 6) is 0.404. The van der Waals surface area contributed by atoms with E-state index in [0.717, 1.165) is 18.7 Å². The summed E-state index contributed by atoms with van der Waals surface area (Å²) < 4.78 is 0. The van der Waals surface area contributed by atoms with E-state index in [1.54, 1.807) is 18.6 Å². The van der Waals surface area contributed by atoms with Crippen LogP contribution in [0.2, 0.25) is 0 Å². The van der Waals surface area contributed by atoms with Crippen LogP contribution in [0.3, 0.4) is 0 Å². The van der Waals surface area contributed by atoms with Crippen molar-refractivity contribution in [1.29, 1.82) is 0 Å². The predicted octanol–water partition coefficient (Wildman–Crippen LogP) is 0.775. The molecule has 22 heavy (non-hydrogen) atoms. The lowest BCUT2D eigenvalue weighted by molar-refractivity contribution is 0.0945. The molecule has 0 saturated carbocycles. The van der Waals surface area contributed by atoms with Gasteiger partial charge in [0.1, 0.15) is 11.5 Å². The Morgan fingerprint density at radius 3 is 2.73 bits per heavy atom. The second kappa shape index (κ2) is 8.04. The Balaban J connectivity index is 1.83. The Hall–Kier alpha value is -2.54. The first kappa shape index (κ1) is 15.8. The van der Waals surface area contributed by atoms with Crippen molar-refractivity contribution in [2.75, 3.05) is 32.5 Å². The molecule has 0 atom stereocenters. The molecule has 0 saturated heterocycles. The van der Waals surface area contributed by atoms with E-state index in [4.69, 9.17) is 0 Å². The number of hydrogen-bond donors (Lipinski definition) is 2. The third kappa shape index (κ3) is 5.10. The molecule has 7 nitrogen and oxygen atoms in total. The highest BCUT2D eigenvalue weighted by atomic mass is 16.1. The van der Waals surface area contributed by atoms with Gasteiger partial charge in [0.15, 0.2) is 0 Å². The summed E-state index contributed by atoms with van der Waals surface area (Å²) in [7, 11) is 4.01. The van der Waals surface area contributed by atoms with Gasteiger partial charge in [0, 0.05) is 32.0 Å². The van der Waals surface area contributed by atoms with E-state index in [-0.39, 0.29) is 5.91 Å². The average Bonchev–Trinajstić information content (AvgIpc) is 2.54. The topological polar surface area (TPSA) is 83.0 Å². The fourth-order valence-electron chi connectivity index (χ4n) is 1.72. The van der Waals surface area contributed by atoms with E-state index < -0.39 is 0 Å². The molecule has 7 heteroatoms. The monoisotopic (exact) mass is 300 g/mol. The van der Waals surface area contributed by atoms with E-state index in [1.165, 1.54) is 6.20 Å². The highest BCUT2D eigenvalue weighted by molar-refractivity contribution is 5.91. The van der Waals surface area contributed by atoms with Crippen LogP contribution in [0.5, 0.6) is 0 Å². The smallest absolute Gasteiger partial charge is 0.271 e. The molecule has 0 aliphatic heterocycles. The van der Waals surface area contributed by atoms with Crippen LogP contribution in [-0.4, -0.2) is 52.9 Å². The molecule has 0 bridgehead atoms. The largest absolute Gasteiger partial charge is 0.368 e. The van der Waals surface area contributed by atoms with Crippen molar-refractivity contribution in [3.8, 4) is 0 Å². The number of carbonyl (C=O) groups is 1. The molecule has 0 aromatic carbocycles. The first-order valence-electron chi connectivity index (χ1n) is 7.03. The van der Waals surface area contributed by atoms with Crippen molar-refractivity contribution < 1.29 is 4.79 Å². The van der Waals surface area contributed by atoms with Gasteiger partial charge in [0.25, 0.3) is 5.91 Å². The second-order valence-corrected chi connectivity index (χ2v) is 5.06. The lowest BCUT2D eigenvalue weighted by Crippen LogP contribution is -2.24. The summed E-state index contributed by atoms with van der Waals surface area (Å²) >= 11 is 0. The van der Waals surface area contributed by atoms with Gasteiger partial charge in [-0.1, -0.05) is 6.07 Å². The Morgan fingerprint density at radius 1 is 1.23 bits per heavy atom. The van der Waals surface area contributed by atoms with Crippen LogP contribution >= 0.6 is 0 Å². The second-order valence-electron chi connectivity index (χ2n) is 5.06. The van der Waals surface area contributed by atoms with Gasteiger partial charge < -0.3 is 15.5 Å². The molecule has 0 fully saturated rings. The van der Waals surface area contributed by atoms with E-state index in [2.05, 4.69) is 30.5 Å². The van der Waals surface area contributed by atoms with Crippen LogP contribution in [0.25, 0.3) is 0 Å². The Kier molecular flexibility index (Phi) is 5.79. The number of hydrogen-bond acceptors (Lipinski definition) is 6. The van der Waals surface area contributed by atoms with Gasteiger partial charge in [0.2, 0.25) is 0 Å². The van der Waals surface area contributed by atoms with E-state index >= 15 is 0 Å². The average molecular weight is 300 g/mol. The van der Waals surface area contributed by atoms with Crippen LogP contribution in [0.4, 0.5) is 5.82 Å². The zero-order valence-corrected chi connectivity index (χ0v) is 12.8. The van der Waals surface area contributed by atoms with Gasteiger partial charge in [-0.25, -0.2) is 9.97 Å². The molecule has 0 aliphatic carbocycles. The number of rotatable bonds is 7. The highest BCUT2D eigenvalue weighted by Crippen LogP contribution is 2.01. The fraction of sp³-hybridized carbons (Fsp3) is 0.333. The van der Waals surface area contributed by atoms with E-state index in [1.807, 2.05) is 26.2 Å². The summed E-state index contributed by atoms with van der Waals surface area (Å²) in [5.41, 5.74) is 1.23. The van der Waals surface area contributed by atoms with Crippen molar-refractivity contribution in [3.63, 3.8) is 0 Å². The van der Waals surface area contributed by atoms with Crippen molar-refractivity contribution in [1.82, 2.24) is 25.2 Å². The van der Waals surface area contributed by atoms with Crippen LogP contribution in [-0.2, 0) is 6.54 Å². The lowest BCUT2D eigenvalue weighted by atomic mass is 10.3. The van der Waals surface area contributed by atoms with Gasteiger partial charge >= 0.3 is 0 Å². The summed E-state index contributed by atoms with van der Waals surface area (Å²) in [4.78, 5) is 26.3. The van der Waals surface area contributed by atoms with Crippen LogP contribution in [0, 0.1) is 0 Å². The highest BCUT2D eigenvalue weighted by Gasteiger charge is 2.07. The molecular weight excluding hydrogens is 280 g/mol. The first-order valence-corrected chi connectivity index (χ1v) is 7.03. The van der Waals surface area contributed by atoms with E-state index in [0.29, 0.717) is 18.1 Å². The lowest BCUT2D eigenvalue weighted by Gasteiger charge is -2.10. The molecule has 2 rings (SSSR count). The summed E-state index contributed by atoms with van der Waals surface area (Å²) in [6.45, 7) is 2.08. The third-order valence-electron chi connectivity index (χ3n) is 2.93. The molecule has 2 aromatic heterocycles. The molecular formula is C15H20N6O. The predicted molar refractivity (Wildman–Crippen MR) is 84.5 cm³/mol. The molecule has 0 unspecified atom stereocenters. The van der Waals surface area contributed by atoms with Crippen molar-refractivity contribution in [2.24, 2.45) is 0 Å². The van der Waals surface area contributed by atoms with Crippen molar-refractivity contribution in [2.45, 2.75) is 6.54 Å². The Bertz CT molecular complexity index is 585. The third-order valence-corrected chi connectivity index (χ3v) is 2.93.